The Balaban J connectivity index is 0.992. The SMILES string of the molecule is c1ccc(-n2c3ccccc3c3cc(-c4ccc(N(c5ccc6c(c5)C(c5ccccc5)(c5ccccc5)c5ccccc5-6)c5ccc6c(c5)oc5ccccc56)cc4)ccc32)cc1. The van der Waals surface area contributed by atoms with Crippen molar-refractivity contribution in [2.75, 3.05) is 4.90 Å². The van der Waals surface area contributed by atoms with E-state index >= 15 is 0 Å². The Kier molecular flexibility index (Phi) is 8.13. The van der Waals surface area contributed by atoms with E-state index in [1.807, 2.05) is 12.1 Å². The van der Waals surface area contributed by atoms with Crippen molar-refractivity contribution >= 4 is 60.8 Å². The number of para-hydroxylation sites is 3. The predicted molar refractivity (Wildman–Crippen MR) is 265 cm³/mol. The highest BCUT2D eigenvalue weighted by Crippen LogP contribution is 2.57. The molecule has 0 amide bonds. The molecule has 3 heteroatoms. The second-order valence-corrected chi connectivity index (χ2v) is 16.8. The van der Waals surface area contributed by atoms with Crippen LogP contribution in [0.5, 0.6) is 0 Å². The zero-order chi connectivity index (χ0) is 42.2. The van der Waals surface area contributed by atoms with Gasteiger partial charge < -0.3 is 13.9 Å². The van der Waals surface area contributed by atoms with Crippen LogP contribution in [0.15, 0.2) is 247 Å². The molecule has 0 unspecified atom stereocenters. The maximum atomic E-state index is 6.52. The highest BCUT2D eigenvalue weighted by Gasteiger charge is 2.46. The van der Waals surface area contributed by atoms with Crippen LogP contribution in [0, 0.1) is 0 Å². The number of hydrogen-bond donors (Lipinski definition) is 0. The third-order valence-electron chi connectivity index (χ3n) is 13.5. The Morgan fingerprint density at radius 1 is 0.344 bits per heavy atom. The lowest BCUT2D eigenvalue weighted by atomic mass is 9.67. The molecule has 0 saturated carbocycles. The summed E-state index contributed by atoms with van der Waals surface area (Å²) in [4.78, 5) is 2.39. The van der Waals surface area contributed by atoms with E-state index in [2.05, 4.69) is 240 Å². The van der Waals surface area contributed by atoms with E-state index in [4.69, 9.17) is 4.42 Å². The molecule has 0 radical (unpaired) electrons. The zero-order valence-electron chi connectivity index (χ0n) is 34.9. The summed E-state index contributed by atoms with van der Waals surface area (Å²) in [5.41, 5.74) is 17.8. The summed E-state index contributed by atoms with van der Waals surface area (Å²) in [6, 6.07) is 88.3. The zero-order valence-corrected chi connectivity index (χ0v) is 34.9. The molecule has 1 aliphatic rings. The smallest absolute Gasteiger partial charge is 0.137 e. The number of fused-ring (bicyclic) bond motifs is 9. The molecule has 3 nitrogen and oxygen atoms in total. The van der Waals surface area contributed by atoms with E-state index in [0.717, 1.165) is 50.3 Å². The number of aromatic nitrogens is 1. The minimum atomic E-state index is -0.523. The fraction of sp³-hybridized carbons (Fsp3) is 0.0164. The minimum Gasteiger partial charge on any atom is -0.456 e. The van der Waals surface area contributed by atoms with Crippen LogP contribution in [0.2, 0.25) is 0 Å². The molecule has 0 fully saturated rings. The van der Waals surface area contributed by atoms with Gasteiger partial charge in [-0.2, -0.15) is 0 Å². The van der Waals surface area contributed by atoms with Crippen LogP contribution in [-0.4, -0.2) is 4.57 Å². The molecule has 10 aromatic carbocycles. The van der Waals surface area contributed by atoms with Gasteiger partial charge in [-0.05, 0) is 117 Å². The quantitative estimate of drug-likeness (QED) is 0.160. The summed E-state index contributed by atoms with van der Waals surface area (Å²) in [5.74, 6) is 0. The molecule has 2 heterocycles. The summed E-state index contributed by atoms with van der Waals surface area (Å²) in [5, 5.41) is 4.71. The van der Waals surface area contributed by atoms with Crippen LogP contribution >= 0.6 is 0 Å². The average molecular weight is 817 g/mol. The van der Waals surface area contributed by atoms with E-state index in [0.29, 0.717) is 0 Å². The first-order chi connectivity index (χ1) is 31.7. The third kappa shape index (κ3) is 5.41. The molecule has 0 atom stereocenters. The Hall–Kier alpha value is -8.40. The van der Waals surface area contributed by atoms with Gasteiger partial charge in [0.05, 0.1) is 16.4 Å². The summed E-state index contributed by atoms with van der Waals surface area (Å²) in [7, 11) is 0. The molecule has 0 aliphatic heterocycles. The van der Waals surface area contributed by atoms with Crippen LogP contribution in [0.3, 0.4) is 0 Å². The lowest BCUT2D eigenvalue weighted by Gasteiger charge is -2.35. The van der Waals surface area contributed by atoms with E-state index in [1.54, 1.807) is 0 Å². The van der Waals surface area contributed by atoms with Gasteiger partial charge in [-0.15, -0.1) is 0 Å². The molecular formula is C61H40N2O. The van der Waals surface area contributed by atoms with Crippen molar-refractivity contribution < 1.29 is 4.42 Å². The summed E-state index contributed by atoms with van der Waals surface area (Å²) in [6.07, 6.45) is 0. The van der Waals surface area contributed by atoms with Gasteiger partial charge in [0.1, 0.15) is 11.2 Å². The number of benzene rings is 10. The van der Waals surface area contributed by atoms with E-state index in [-0.39, 0.29) is 0 Å². The van der Waals surface area contributed by atoms with E-state index in [9.17, 15) is 0 Å². The van der Waals surface area contributed by atoms with Crippen molar-refractivity contribution in [2.24, 2.45) is 0 Å². The molecule has 0 saturated heterocycles. The summed E-state index contributed by atoms with van der Waals surface area (Å²) >= 11 is 0. The van der Waals surface area contributed by atoms with Gasteiger partial charge >= 0.3 is 0 Å². The molecular weight excluding hydrogens is 777 g/mol. The van der Waals surface area contributed by atoms with Gasteiger partial charge in [-0.1, -0.05) is 164 Å². The Bertz CT molecular complexity index is 3680. The predicted octanol–water partition coefficient (Wildman–Crippen LogP) is 16.2. The molecule has 12 aromatic rings. The number of rotatable bonds is 7. The first kappa shape index (κ1) is 36.3. The first-order valence-electron chi connectivity index (χ1n) is 22.0. The van der Waals surface area contributed by atoms with Crippen molar-refractivity contribution in [2.45, 2.75) is 5.41 Å². The van der Waals surface area contributed by atoms with Crippen molar-refractivity contribution in [1.29, 1.82) is 0 Å². The van der Waals surface area contributed by atoms with Crippen molar-refractivity contribution in [1.82, 2.24) is 4.57 Å². The van der Waals surface area contributed by atoms with E-state index < -0.39 is 5.41 Å². The fourth-order valence-electron chi connectivity index (χ4n) is 10.7. The van der Waals surface area contributed by atoms with Crippen molar-refractivity contribution in [3.63, 3.8) is 0 Å². The summed E-state index contributed by atoms with van der Waals surface area (Å²) in [6.45, 7) is 0. The van der Waals surface area contributed by atoms with Gasteiger partial charge in [0.15, 0.2) is 0 Å². The van der Waals surface area contributed by atoms with Gasteiger partial charge in [-0.3, -0.25) is 0 Å². The molecule has 1 aliphatic carbocycles. The van der Waals surface area contributed by atoms with Crippen molar-refractivity contribution in [3.05, 3.63) is 265 Å². The monoisotopic (exact) mass is 816 g/mol. The second kappa shape index (κ2) is 14.3. The lowest BCUT2D eigenvalue weighted by Crippen LogP contribution is -2.28. The highest BCUT2D eigenvalue weighted by atomic mass is 16.3. The molecule has 13 rings (SSSR count). The first-order valence-corrected chi connectivity index (χ1v) is 22.0. The molecule has 300 valence electrons. The fourth-order valence-corrected chi connectivity index (χ4v) is 10.7. The van der Waals surface area contributed by atoms with Crippen LogP contribution in [0.25, 0.3) is 71.7 Å². The topological polar surface area (TPSA) is 21.3 Å². The molecule has 0 N–H and O–H groups in total. The maximum absolute atomic E-state index is 6.52. The summed E-state index contributed by atoms with van der Waals surface area (Å²) < 4.78 is 8.89. The minimum absolute atomic E-state index is 0.523. The standard InChI is InChI=1S/C61H40N2O/c1-4-16-43(17-5-1)61(44-18-6-2-7-19-44)55-25-13-10-22-49(55)50-35-33-47(39-56(50)61)62(48-34-36-53-52-24-12-15-27-59(52)64-60(53)40-48)46-31-28-41(29-32-46)42-30-37-58-54(38-42)51-23-11-14-26-57(51)63(58)45-20-8-3-9-21-45/h1-40H. The molecule has 64 heavy (non-hydrogen) atoms. The highest BCUT2D eigenvalue weighted by molar-refractivity contribution is 6.10. The second-order valence-electron chi connectivity index (χ2n) is 16.8. The Morgan fingerprint density at radius 2 is 0.906 bits per heavy atom. The van der Waals surface area contributed by atoms with E-state index in [1.165, 1.54) is 60.8 Å². The Morgan fingerprint density at radius 3 is 1.69 bits per heavy atom. The van der Waals surface area contributed by atoms with Crippen LogP contribution < -0.4 is 4.90 Å². The number of anilines is 3. The van der Waals surface area contributed by atoms with Gasteiger partial charge in [0.2, 0.25) is 0 Å². The molecule has 2 aromatic heterocycles. The maximum Gasteiger partial charge on any atom is 0.137 e. The normalized spacial score (nSPS) is 12.8. The third-order valence-corrected chi connectivity index (χ3v) is 13.5. The molecule has 0 spiro atoms. The number of hydrogen-bond acceptors (Lipinski definition) is 2. The largest absolute Gasteiger partial charge is 0.456 e. The van der Waals surface area contributed by atoms with Crippen molar-refractivity contribution in [3.8, 4) is 27.9 Å². The Labute approximate surface area is 371 Å². The number of nitrogens with zero attached hydrogens (tertiary/aromatic N) is 2. The van der Waals surface area contributed by atoms with Crippen LogP contribution in [0.1, 0.15) is 22.3 Å². The van der Waals surface area contributed by atoms with Gasteiger partial charge in [0, 0.05) is 50.4 Å². The molecule has 0 bridgehead atoms. The lowest BCUT2D eigenvalue weighted by molar-refractivity contribution is 0.669. The van der Waals surface area contributed by atoms with Crippen LogP contribution in [-0.2, 0) is 5.41 Å². The van der Waals surface area contributed by atoms with Gasteiger partial charge in [-0.25, -0.2) is 0 Å². The van der Waals surface area contributed by atoms with Crippen LogP contribution in [0.4, 0.5) is 17.1 Å². The average Bonchev–Trinajstić information content (AvgIpc) is 4.01. The number of furan rings is 1. The van der Waals surface area contributed by atoms with Gasteiger partial charge in [0.25, 0.3) is 0 Å².